The fraction of sp³-hybridized carbons (Fsp3) is 0.429. The van der Waals surface area contributed by atoms with E-state index >= 15 is 0 Å². The van der Waals surface area contributed by atoms with Gasteiger partial charge < -0.3 is 10.1 Å². The molecule has 1 heterocycles. The topological polar surface area (TPSA) is 67.4 Å². The van der Waals surface area contributed by atoms with Crippen LogP contribution in [0.3, 0.4) is 0 Å². The monoisotopic (exact) mass is 294 g/mol. The van der Waals surface area contributed by atoms with Gasteiger partial charge in [-0.3, -0.25) is 10.1 Å². The molecule has 1 saturated heterocycles. The highest BCUT2D eigenvalue weighted by atomic mass is 32.2. The summed E-state index contributed by atoms with van der Waals surface area (Å²) in [6, 6.07) is 7.10. The third kappa shape index (κ3) is 4.16. The number of imide groups is 1. The van der Waals surface area contributed by atoms with Gasteiger partial charge in [0, 0.05) is 10.6 Å². The van der Waals surface area contributed by atoms with Crippen molar-refractivity contribution in [3.05, 3.63) is 24.3 Å². The molecule has 1 aliphatic rings. The highest BCUT2D eigenvalue weighted by Gasteiger charge is 2.28. The molecule has 1 unspecified atom stereocenters. The second-order valence-electron chi connectivity index (χ2n) is 4.47. The molecule has 0 spiro atoms. The van der Waals surface area contributed by atoms with E-state index in [1.807, 2.05) is 24.3 Å². The number of amides is 3. The third-order valence-electron chi connectivity index (χ3n) is 2.83. The van der Waals surface area contributed by atoms with E-state index in [1.54, 1.807) is 11.8 Å². The smallest absolute Gasteiger partial charge is 0.322 e. The summed E-state index contributed by atoms with van der Waals surface area (Å²) in [6.45, 7) is 2.80. The maximum absolute atomic E-state index is 11.4. The van der Waals surface area contributed by atoms with Crippen LogP contribution >= 0.6 is 11.8 Å². The molecule has 108 valence electrons. The molecule has 2 rings (SSSR count). The molecule has 0 aromatic heterocycles. The lowest BCUT2D eigenvalue weighted by atomic mass is 10.2. The summed E-state index contributed by atoms with van der Waals surface area (Å²) in [6.07, 6.45) is 1.61. The summed E-state index contributed by atoms with van der Waals surface area (Å²) in [7, 11) is 0. The van der Waals surface area contributed by atoms with Crippen LogP contribution < -0.4 is 15.4 Å². The van der Waals surface area contributed by atoms with Crippen LogP contribution in [0.2, 0.25) is 0 Å². The zero-order valence-corrected chi connectivity index (χ0v) is 12.2. The van der Waals surface area contributed by atoms with E-state index in [0.717, 1.165) is 29.4 Å². The van der Waals surface area contributed by atoms with Gasteiger partial charge in [0.15, 0.2) is 0 Å². The first-order valence-electron chi connectivity index (χ1n) is 6.66. The number of rotatable bonds is 7. The van der Waals surface area contributed by atoms with E-state index in [-0.39, 0.29) is 5.91 Å². The van der Waals surface area contributed by atoms with Crippen LogP contribution in [0.4, 0.5) is 4.79 Å². The first-order chi connectivity index (χ1) is 9.69. The summed E-state index contributed by atoms with van der Waals surface area (Å²) in [4.78, 5) is 23.4. The Labute approximate surface area is 122 Å². The van der Waals surface area contributed by atoms with Crippen LogP contribution in [0.5, 0.6) is 5.75 Å². The average Bonchev–Trinajstić information content (AvgIpc) is 2.76. The molecule has 0 bridgehead atoms. The average molecular weight is 294 g/mol. The van der Waals surface area contributed by atoms with Crippen molar-refractivity contribution in [1.82, 2.24) is 10.6 Å². The van der Waals surface area contributed by atoms with Crippen LogP contribution in [-0.4, -0.2) is 30.3 Å². The van der Waals surface area contributed by atoms with E-state index in [9.17, 15) is 9.59 Å². The lowest BCUT2D eigenvalue weighted by Crippen LogP contribution is -2.29. The number of benzene rings is 1. The van der Waals surface area contributed by atoms with Crippen LogP contribution in [0.15, 0.2) is 29.2 Å². The van der Waals surface area contributed by atoms with Gasteiger partial charge in [0.2, 0.25) is 0 Å². The molecule has 5 nitrogen and oxygen atoms in total. The Hall–Kier alpha value is -1.69. The normalized spacial score (nSPS) is 17.8. The minimum Gasteiger partial charge on any atom is -0.494 e. The van der Waals surface area contributed by atoms with Gasteiger partial charge in [0.05, 0.1) is 6.61 Å². The minimum absolute atomic E-state index is 0.237. The SMILES string of the molecule is CCCOc1ccc(SCCC2NC(=O)NC2=O)cc1. The maximum atomic E-state index is 11.4. The van der Waals surface area contributed by atoms with Crippen molar-refractivity contribution in [2.45, 2.75) is 30.7 Å². The number of carbonyl (C=O) groups excluding carboxylic acids is 2. The van der Waals surface area contributed by atoms with Crippen molar-refractivity contribution in [1.29, 1.82) is 0 Å². The maximum Gasteiger partial charge on any atom is 0.322 e. The van der Waals surface area contributed by atoms with Crippen LogP contribution in [0.25, 0.3) is 0 Å². The Morgan fingerprint density at radius 1 is 1.25 bits per heavy atom. The van der Waals surface area contributed by atoms with Crippen molar-refractivity contribution in [2.24, 2.45) is 0 Å². The van der Waals surface area contributed by atoms with Gasteiger partial charge in [-0.2, -0.15) is 0 Å². The van der Waals surface area contributed by atoms with Crippen molar-refractivity contribution in [3.8, 4) is 5.75 Å². The van der Waals surface area contributed by atoms with Crippen molar-refractivity contribution in [2.75, 3.05) is 12.4 Å². The molecule has 0 radical (unpaired) electrons. The number of hydrogen-bond acceptors (Lipinski definition) is 4. The highest BCUT2D eigenvalue weighted by Crippen LogP contribution is 2.22. The van der Waals surface area contributed by atoms with Gasteiger partial charge in [-0.15, -0.1) is 11.8 Å². The van der Waals surface area contributed by atoms with E-state index in [4.69, 9.17) is 4.74 Å². The van der Waals surface area contributed by atoms with Gasteiger partial charge in [-0.1, -0.05) is 6.92 Å². The van der Waals surface area contributed by atoms with E-state index in [2.05, 4.69) is 17.6 Å². The fourth-order valence-corrected chi connectivity index (χ4v) is 2.73. The van der Waals surface area contributed by atoms with Crippen molar-refractivity contribution in [3.63, 3.8) is 0 Å². The second kappa shape index (κ2) is 7.19. The van der Waals surface area contributed by atoms with Crippen molar-refractivity contribution >= 4 is 23.7 Å². The van der Waals surface area contributed by atoms with Gasteiger partial charge in [-0.05, 0) is 37.1 Å². The molecule has 20 heavy (non-hydrogen) atoms. The number of ether oxygens (including phenoxy) is 1. The first kappa shape index (κ1) is 14.7. The molecule has 1 fully saturated rings. The van der Waals surface area contributed by atoms with E-state index < -0.39 is 12.1 Å². The molecular formula is C14H18N2O3S. The zero-order chi connectivity index (χ0) is 14.4. The Balaban J connectivity index is 1.74. The number of nitrogens with one attached hydrogen (secondary N) is 2. The van der Waals surface area contributed by atoms with Crippen LogP contribution in [0, 0.1) is 0 Å². The Kier molecular flexibility index (Phi) is 5.29. The van der Waals surface area contributed by atoms with Gasteiger partial charge in [0.1, 0.15) is 11.8 Å². The molecule has 1 aromatic carbocycles. The lowest BCUT2D eigenvalue weighted by molar-refractivity contribution is -0.120. The molecule has 0 saturated carbocycles. The van der Waals surface area contributed by atoms with Gasteiger partial charge in [-0.25, -0.2) is 4.79 Å². The summed E-state index contributed by atoms with van der Waals surface area (Å²) in [5.74, 6) is 1.41. The van der Waals surface area contributed by atoms with E-state index in [1.165, 1.54) is 0 Å². The van der Waals surface area contributed by atoms with E-state index in [0.29, 0.717) is 6.42 Å². The van der Waals surface area contributed by atoms with Gasteiger partial charge in [0.25, 0.3) is 5.91 Å². The van der Waals surface area contributed by atoms with Crippen LogP contribution in [0.1, 0.15) is 19.8 Å². The van der Waals surface area contributed by atoms with Crippen molar-refractivity contribution < 1.29 is 14.3 Å². The summed E-state index contributed by atoms with van der Waals surface area (Å²) >= 11 is 1.66. The summed E-state index contributed by atoms with van der Waals surface area (Å²) < 4.78 is 5.51. The molecule has 0 aliphatic carbocycles. The van der Waals surface area contributed by atoms with Crippen LogP contribution in [-0.2, 0) is 4.79 Å². The predicted octanol–water partition coefficient (Wildman–Crippen LogP) is 2.17. The van der Waals surface area contributed by atoms with Gasteiger partial charge >= 0.3 is 6.03 Å². The second-order valence-corrected chi connectivity index (χ2v) is 5.64. The molecule has 3 amide bonds. The lowest BCUT2D eigenvalue weighted by Gasteiger charge is -2.08. The molecular weight excluding hydrogens is 276 g/mol. The zero-order valence-electron chi connectivity index (χ0n) is 11.3. The minimum atomic E-state index is -0.401. The summed E-state index contributed by atoms with van der Waals surface area (Å²) in [5.41, 5.74) is 0. The molecule has 1 aliphatic heterocycles. The quantitative estimate of drug-likeness (QED) is 0.597. The molecule has 1 aromatic rings. The first-order valence-corrected chi connectivity index (χ1v) is 7.64. The summed E-state index contributed by atoms with van der Waals surface area (Å²) in [5, 5.41) is 4.82. The standard InChI is InChI=1S/C14H18N2O3S/c1-2-8-19-10-3-5-11(6-4-10)20-9-7-12-13(17)16-14(18)15-12/h3-6,12H,2,7-9H2,1H3,(H2,15,16,17,18). The molecule has 6 heteroatoms. The largest absolute Gasteiger partial charge is 0.494 e. The highest BCUT2D eigenvalue weighted by molar-refractivity contribution is 7.99. The Bertz CT molecular complexity index is 476. The number of thioether (sulfide) groups is 1. The fourth-order valence-electron chi connectivity index (χ4n) is 1.81. The predicted molar refractivity (Wildman–Crippen MR) is 78.0 cm³/mol. The number of urea groups is 1. The number of carbonyl (C=O) groups is 2. The Morgan fingerprint density at radius 3 is 2.60 bits per heavy atom. The third-order valence-corrected chi connectivity index (χ3v) is 3.88. The molecule has 1 atom stereocenters. The number of hydrogen-bond donors (Lipinski definition) is 2. The Morgan fingerprint density at radius 2 is 2.00 bits per heavy atom. The molecule has 2 N–H and O–H groups in total.